The highest BCUT2D eigenvalue weighted by molar-refractivity contribution is 7.91. The van der Waals surface area contributed by atoms with Gasteiger partial charge in [0.1, 0.15) is 0 Å². The molecule has 2 rings (SSSR count). The van der Waals surface area contributed by atoms with Crippen LogP contribution in [-0.4, -0.2) is 56.5 Å². The molecule has 1 heterocycles. The third-order valence-corrected chi connectivity index (χ3v) is 6.94. The number of hydrogen-bond donors (Lipinski definition) is 1. The Morgan fingerprint density at radius 1 is 1.24 bits per heavy atom. The van der Waals surface area contributed by atoms with Crippen molar-refractivity contribution in [3.63, 3.8) is 0 Å². The monoisotopic (exact) mass is 316 g/mol. The molecule has 0 aromatic carbocycles. The summed E-state index contributed by atoms with van der Waals surface area (Å²) in [5.41, 5.74) is 0.345. The van der Waals surface area contributed by atoms with Crippen LogP contribution in [0.1, 0.15) is 52.9 Å². The summed E-state index contributed by atoms with van der Waals surface area (Å²) >= 11 is 0. The van der Waals surface area contributed by atoms with Crippen molar-refractivity contribution in [1.82, 2.24) is 10.2 Å². The summed E-state index contributed by atoms with van der Waals surface area (Å²) in [6.45, 7) is 9.32. The van der Waals surface area contributed by atoms with E-state index in [1.807, 2.05) is 0 Å². The van der Waals surface area contributed by atoms with Crippen LogP contribution in [0.15, 0.2) is 0 Å². The molecule has 4 nitrogen and oxygen atoms in total. The van der Waals surface area contributed by atoms with E-state index in [9.17, 15) is 8.42 Å². The maximum absolute atomic E-state index is 11.8. The number of sulfone groups is 1. The highest BCUT2D eigenvalue weighted by Gasteiger charge is 2.37. The van der Waals surface area contributed by atoms with Crippen LogP contribution < -0.4 is 5.32 Å². The maximum atomic E-state index is 11.8. The van der Waals surface area contributed by atoms with Crippen molar-refractivity contribution < 1.29 is 8.42 Å². The lowest BCUT2D eigenvalue weighted by Crippen LogP contribution is -2.54. The van der Waals surface area contributed by atoms with Crippen molar-refractivity contribution in [3.05, 3.63) is 0 Å². The van der Waals surface area contributed by atoms with Crippen molar-refractivity contribution in [1.29, 1.82) is 0 Å². The van der Waals surface area contributed by atoms with E-state index in [0.717, 1.165) is 13.1 Å². The normalized spacial score (nSPS) is 29.6. The average molecular weight is 317 g/mol. The first-order valence-corrected chi connectivity index (χ1v) is 10.3. The Labute approximate surface area is 130 Å². The quantitative estimate of drug-likeness (QED) is 0.843. The minimum atomic E-state index is -2.81. The predicted molar refractivity (Wildman–Crippen MR) is 88.3 cm³/mol. The van der Waals surface area contributed by atoms with Gasteiger partial charge in [-0.15, -0.1) is 0 Å². The van der Waals surface area contributed by atoms with E-state index in [4.69, 9.17) is 0 Å². The lowest BCUT2D eigenvalue weighted by molar-refractivity contribution is 0.0837. The lowest BCUT2D eigenvalue weighted by atomic mass is 9.73. The molecule has 1 aliphatic carbocycles. The minimum absolute atomic E-state index is 0.168. The molecule has 0 amide bonds. The smallest absolute Gasteiger partial charge is 0.153 e. The molecule has 0 bridgehead atoms. The van der Waals surface area contributed by atoms with Crippen LogP contribution in [0, 0.1) is 5.41 Å². The Hall–Kier alpha value is -0.130. The predicted octanol–water partition coefficient (Wildman–Crippen LogP) is 2.05. The van der Waals surface area contributed by atoms with Gasteiger partial charge in [0.25, 0.3) is 0 Å². The molecule has 0 aromatic heterocycles. The molecule has 1 saturated carbocycles. The molecule has 0 aromatic rings. The lowest BCUT2D eigenvalue weighted by Gasteiger charge is -2.45. The molecule has 124 valence electrons. The summed E-state index contributed by atoms with van der Waals surface area (Å²) in [6.07, 6.45) is 6.55. The molecule has 1 saturated heterocycles. The van der Waals surface area contributed by atoms with Crippen LogP contribution in [0.25, 0.3) is 0 Å². The second-order valence-electron chi connectivity index (χ2n) is 7.53. The van der Waals surface area contributed by atoms with Gasteiger partial charge in [0.2, 0.25) is 0 Å². The fourth-order valence-electron chi connectivity index (χ4n) is 3.81. The largest absolute Gasteiger partial charge is 0.314 e. The molecule has 1 aliphatic heterocycles. The number of nitrogens with one attached hydrogen (secondary N) is 1. The van der Waals surface area contributed by atoms with E-state index in [1.54, 1.807) is 0 Å². The molecule has 2 fully saturated rings. The van der Waals surface area contributed by atoms with E-state index in [1.165, 1.54) is 32.1 Å². The Morgan fingerprint density at radius 2 is 1.90 bits per heavy atom. The summed E-state index contributed by atoms with van der Waals surface area (Å²) in [5.74, 6) is 0.672. The molecule has 0 radical (unpaired) electrons. The zero-order valence-electron chi connectivity index (χ0n) is 13.9. The zero-order valence-corrected chi connectivity index (χ0v) is 14.7. The molecule has 1 N–H and O–H groups in total. The zero-order chi connectivity index (χ0) is 15.5. The van der Waals surface area contributed by atoms with E-state index in [-0.39, 0.29) is 6.04 Å². The van der Waals surface area contributed by atoms with E-state index in [0.29, 0.717) is 29.5 Å². The van der Waals surface area contributed by atoms with Gasteiger partial charge in [0.05, 0.1) is 11.5 Å². The van der Waals surface area contributed by atoms with E-state index in [2.05, 4.69) is 31.0 Å². The van der Waals surface area contributed by atoms with Crippen LogP contribution >= 0.6 is 0 Å². The highest BCUT2D eigenvalue weighted by atomic mass is 32.2. The van der Waals surface area contributed by atoms with Crippen LogP contribution in [0.5, 0.6) is 0 Å². The standard InChI is InChI=1S/C16H32N2O2S/c1-14(2)17-12-16(7-5-4-6-8-16)13-18-9-10-21(19,20)11-15(18)3/h14-15,17H,4-13H2,1-3H3. The first-order valence-electron chi connectivity index (χ1n) is 8.50. The van der Waals surface area contributed by atoms with E-state index >= 15 is 0 Å². The van der Waals surface area contributed by atoms with Gasteiger partial charge in [-0.25, -0.2) is 8.42 Å². The van der Waals surface area contributed by atoms with Crippen molar-refractivity contribution >= 4 is 9.84 Å². The topological polar surface area (TPSA) is 49.4 Å². The second kappa shape index (κ2) is 6.97. The van der Waals surface area contributed by atoms with Gasteiger partial charge in [-0.1, -0.05) is 33.1 Å². The minimum Gasteiger partial charge on any atom is -0.314 e. The van der Waals surface area contributed by atoms with Gasteiger partial charge in [0, 0.05) is 31.7 Å². The number of rotatable bonds is 5. The van der Waals surface area contributed by atoms with Crippen LogP contribution in [-0.2, 0) is 9.84 Å². The summed E-state index contributed by atoms with van der Waals surface area (Å²) in [5, 5.41) is 3.63. The number of hydrogen-bond acceptors (Lipinski definition) is 4. The fraction of sp³-hybridized carbons (Fsp3) is 1.00. The van der Waals surface area contributed by atoms with Gasteiger partial charge >= 0.3 is 0 Å². The van der Waals surface area contributed by atoms with Crippen molar-refractivity contribution in [2.75, 3.05) is 31.1 Å². The second-order valence-corrected chi connectivity index (χ2v) is 9.76. The van der Waals surface area contributed by atoms with Crippen LogP contribution in [0.4, 0.5) is 0 Å². The van der Waals surface area contributed by atoms with Crippen molar-refractivity contribution in [3.8, 4) is 0 Å². The van der Waals surface area contributed by atoms with Crippen LogP contribution in [0.2, 0.25) is 0 Å². The van der Waals surface area contributed by atoms with Crippen molar-refractivity contribution in [2.24, 2.45) is 5.41 Å². The molecule has 21 heavy (non-hydrogen) atoms. The average Bonchev–Trinajstić information content (AvgIpc) is 2.41. The molecule has 1 atom stereocenters. The van der Waals surface area contributed by atoms with Gasteiger partial charge in [-0.2, -0.15) is 0 Å². The Balaban J connectivity index is 2.01. The Kier molecular flexibility index (Phi) is 5.71. The summed E-state index contributed by atoms with van der Waals surface area (Å²) < 4.78 is 23.5. The first kappa shape index (κ1) is 17.2. The van der Waals surface area contributed by atoms with Gasteiger partial charge in [-0.05, 0) is 25.2 Å². The molecule has 1 unspecified atom stereocenters. The fourth-order valence-corrected chi connectivity index (χ4v) is 5.44. The summed E-state index contributed by atoms with van der Waals surface area (Å²) in [4.78, 5) is 2.42. The van der Waals surface area contributed by atoms with Crippen molar-refractivity contribution in [2.45, 2.75) is 65.0 Å². The summed E-state index contributed by atoms with van der Waals surface area (Å²) in [7, 11) is -2.81. The van der Waals surface area contributed by atoms with Gasteiger partial charge < -0.3 is 5.32 Å². The maximum Gasteiger partial charge on any atom is 0.153 e. The van der Waals surface area contributed by atoms with E-state index < -0.39 is 9.84 Å². The van der Waals surface area contributed by atoms with Gasteiger partial charge in [-0.3, -0.25) is 4.90 Å². The Morgan fingerprint density at radius 3 is 2.48 bits per heavy atom. The number of nitrogens with zero attached hydrogens (tertiary/aromatic N) is 1. The Bertz CT molecular complexity index is 428. The SMILES string of the molecule is CC(C)NCC1(CN2CCS(=O)(=O)CC2C)CCCCC1. The summed E-state index contributed by atoms with van der Waals surface area (Å²) in [6, 6.07) is 0.685. The molecule has 2 aliphatic rings. The highest BCUT2D eigenvalue weighted by Crippen LogP contribution is 2.37. The van der Waals surface area contributed by atoms with Crippen LogP contribution in [0.3, 0.4) is 0 Å². The third-order valence-electron chi connectivity index (χ3n) is 5.15. The van der Waals surface area contributed by atoms with Gasteiger partial charge in [0.15, 0.2) is 9.84 Å². The molecule has 0 spiro atoms. The molecular formula is C16H32N2O2S. The third kappa shape index (κ3) is 4.93. The molecular weight excluding hydrogens is 284 g/mol. The molecule has 5 heteroatoms. The first-order chi connectivity index (χ1) is 9.82.